The van der Waals surface area contributed by atoms with E-state index in [1.165, 1.54) is 0 Å². The number of aromatic nitrogens is 4. The molecule has 102 valence electrons. The van der Waals surface area contributed by atoms with Crippen LogP contribution in [-0.4, -0.2) is 57.6 Å². The Morgan fingerprint density at radius 1 is 1.33 bits per heavy atom. The number of H-pyrrole nitrogens is 1. The van der Waals surface area contributed by atoms with Crippen LogP contribution >= 0.6 is 0 Å². The number of hydrogen-bond donors (Lipinski definition) is 2. The molecular formula is C11H22N6O. The van der Waals surface area contributed by atoms with Crippen LogP contribution in [0.4, 0.5) is 0 Å². The zero-order valence-corrected chi connectivity index (χ0v) is 11.1. The molecule has 0 saturated heterocycles. The Bertz CT molecular complexity index is 322. The summed E-state index contributed by atoms with van der Waals surface area (Å²) in [6, 6.07) is 0. The van der Waals surface area contributed by atoms with E-state index >= 15 is 0 Å². The smallest absolute Gasteiger partial charge is 0.227 e. The van der Waals surface area contributed by atoms with Crippen LogP contribution in [0.3, 0.4) is 0 Å². The predicted octanol–water partition coefficient (Wildman–Crippen LogP) is -0.0196. The normalized spacial score (nSPS) is 10.8. The fourth-order valence-electron chi connectivity index (χ4n) is 1.69. The van der Waals surface area contributed by atoms with E-state index < -0.39 is 0 Å². The summed E-state index contributed by atoms with van der Waals surface area (Å²) in [7, 11) is 0. The largest absolute Gasteiger partial charge is 0.356 e. The second kappa shape index (κ2) is 8.57. The molecular weight excluding hydrogens is 232 g/mol. The lowest BCUT2D eigenvalue weighted by Crippen LogP contribution is -2.28. The number of nitrogens with one attached hydrogen (secondary N) is 2. The zero-order valence-electron chi connectivity index (χ0n) is 11.1. The van der Waals surface area contributed by atoms with E-state index in [0.29, 0.717) is 12.4 Å². The molecule has 0 atom stereocenters. The summed E-state index contributed by atoms with van der Waals surface area (Å²) in [5, 5.41) is 16.0. The molecule has 0 aromatic carbocycles. The van der Waals surface area contributed by atoms with Crippen molar-refractivity contribution < 1.29 is 4.79 Å². The molecule has 18 heavy (non-hydrogen) atoms. The van der Waals surface area contributed by atoms with Crippen molar-refractivity contribution in [2.24, 2.45) is 0 Å². The Hall–Kier alpha value is -1.50. The third-order valence-corrected chi connectivity index (χ3v) is 2.83. The number of unbranched alkanes of at least 4 members (excludes halogenated alkanes) is 1. The Kier molecular flexibility index (Phi) is 6.93. The molecule has 0 aliphatic carbocycles. The van der Waals surface area contributed by atoms with E-state index in [1.807, 2.05) is 0 Å². The minimum absolute atomic E-state index is 0.0563. The van der Waals surface area contributed by atoms with Crippen LogP contribution in [0.15, 0.2) is 0 Å². The average molecular weight is 254 g/mol. The fraction of sp³-hybridized carbons (Fsp3) is 0.818. The first-order valence-electron chi connectivity index (χ1n) is 6.47. The van der Waals surface area contributed by atoms with Gasteiger partial charge in [0, 0.05) is 6.54 Å². The van der Waals surface area contributed by atoms with Gasteiger partial charge in [0.25, 0.3) is 0 Å². The molecule has 0 fully saturated rings. The highest BCUT2D eigenvalue weighted by molar-refractivity contribution is 5.77. The Morgan fingerprint density at radius 3 is 2.72 bits per heavy atom. The highest BCUT2D eigenvalue weighted by Gasteiger charge is 2.06. The summed E-state index contributed by atoms with van der Waals surface area (Å²) < 4.78 is 0. The molecule has 2 N–H and O–H groups in total. The van der Waals surface area contributed by atoms with Crippen LogP contribution in [0.1, 0.15) is 32.5 Å². The molecule has 1 amide bonds. The van der Waals surface area contributed by atoms with Crippen molar-refractivity contribution >= 4 is 5.91 Å². The highest BCUT2D eigenvalue weighted by atomic mass is 16.1. The molecule has 1 aromatic heterocycles. The van der Waals surface area contributed by atoms with Crippen molar-refractivity contribution in [3.05, 3.63) is 5.82 Å². The number of tetrazole rings is 1. The van der Waals surface area contributed by atoms with Gasteiger partial charge < -0.3 is 10.2 Å². The van der Waals surface area contributed by atoms with E-state index in [-0.39, 0.29) is 12.3 Å². The van der Waals surface area contributed by atoms with Gasteiger partial charge in [0.15, 0.2) is 5.82 Å². The van der Waals surface area contributed by atoms with Gasteiger partial charge in [0.2, 0.25) is 5.91 Å². The van der Waals surface area contributed by atoms with Crippen molar-refractivity contribution in [1.29, 1.82) is 0 Å². The molecule has 0 aliphatic rings. The van der Waals surface area contributed by atoms with Crippen molar-refractivity contribution in [1.82, 2.24) is 30.8 Å². The van der Waals surface area contributed by atoms with Gasteiger partial charge in [-0.2, -0.15) is 5.21 Å². The lowest BCUT2D eigenvalue weighted by molar-refractivity contribution is -0.120. The standard InChI is InChI=1S/C11H22N6O/c1-3-17(4-2)8-6-5-7-12-11(18)9-10-13-15-16-14-10/h3-9H2,1-2H3,(H,12,18)(H,13,14,15,16). The minimum atomic E-state index is -0.0563. The fourth-order valence-corrected chi connectivity index (χ4v) is 1.69. The molecule has 7 heteroatoms. The second-order valence-corrected chi connectivity index (χ2v) is 4.09. The molecule has 0 unspecified atom stereocenters. The molecule has 1 rings (SSSR count). The van der Waals surface area contributed by atoms with Gasteiger partial charge in [-0.1, -0.05) is 19.1 Å². The summed E-state index contributed by atoms with van der Waals surface area (Å²) in [5.41, 5.74) is 0. The van der Waals surface area contributed by atoms with Crippen molar-refractivity contribution in [2.75, 3.05) is 26.2 Å². The number of carbonyl (C=O) groups excluding carboxylic acids is 1. The van der Waals surface area contributed by atoms with Crippen LogP contribution in [0.2, 0.25) is 0 Å². The van der Waals surface area contributed by atoms with Gasteiger partial charge in [-0.05, 0) is 32.5 Å². The minimum Gasteiger partial charge on any atom is -0.356 e. The number of hydrogen-bond acceptors (Lipinski definition) is 5. The number of aromatic amines is 1. The van der Waals surface area contributed by atoms with E-state index in [2.05, 4.69) is 44.7 Å². The van der Waals surface area contributed by atoms with E-state index in [9.17, 15) is 4.79 Å². The number of amides is 1. The van der Waals surface area contributed by atoms with Gasteiger partial charge in [-0.25, -0.2) is 0 Å². The van der Waals surface area contributed by atoms with Crippen LogP contribution in [0.25, 0.3) is 0 Å². The molecule has 0 bridgehead atoms. The third-order valence-electron chi connectivity index (χ3n) is 2.83. The molecule has 0 saturated carbocycles. The Labute approximate surface area is 107 Å². The maximum Gasteiger partial charge on any atom is 0.227 e. The Morgan fingerprint density at radius 2 is 2.11 bits per heavy atom. The average Bonchev–Trinajstić information content (AvgIpc) is 2.86. The SMILES string of the molecule is CCN(CC)CCCCNC(=O)Cc1nn[nH]n1. The monoisotopic (exact) mass is 254 g/mol. The summed E-state index contributed by atoms with van der Waals surface area (Å²) in [5.74, 6) is 0.370. The number of nitrogens with zero attached hydrogens (tertiary/aromatic N) is 4. The molecule has 0 aliphatic heterocycles. The summed E-state index contributed by atoms with van der Waals surface area (Å²) in [6.07, 6.45) is 2.28. The van der Waals surface area contributed by atoms with Crippen LogP contribution in [0, 0.1) is 0 Å². The first kappa shape index (κ1) is 14.6. The number of carbonyl (C=O) groups is 1. The number of rotatable bonds is 9. The Balaban J connectivity index is 2.02. The lowest BCUT2D eigenvalue weighted by atomic mass is 10.2. The van der Waals surface area contributed by atoms with Crippen LogP contribution in [-0.2, 0) is 11.2 Å². The molecule has 1 heterocycles. The highest BCUT2D eigenvalue weighted by Crippen LogP contribution is 1.94. The summed E-state index contributed by atoms with van der Waals surface area (Å²) in [4.78, 5) is 13.9. The lowest BCUT2D eigenvalue weighted by Gasteiger charge is -2.17. The zero-order chi connectivity index (χ0) is 13.2. The first-order valence-corrected chi connectivity index (χ1v) is 6.47. The first-order chi connectivity index (χ1) is 8.76. The van der Waals surface area contributed by atoms with Crippen molar-refractivity contribution in [3.8, 4) is 0 Å². The summed E-state index contributed by atoms with van der Waals surface area (Å²) >= 11 is 0. The van der Waals surface area contributed by atoms with Gasteiger partial charge in [0.05, 0.1) is 6.42 Å². The van der Waals surface area contributed by atoms with E-state index in [0.717, 1.165) is 32.5 Å². The van der Waals surface area contributed by atoms with Gasteiger partial charge in [-0.15, -0.1) is 10.2 Å². The predicted molar refractivity (Wildman–Crippen MR) is 67.9 cm³/mol. The maximum absolute atomic E-state index is 11.5. The van der Waals surface area contributed by atoms with Gasteiger partial charge in [-0.3, -0.25) is 4.79 Å². The molecule has 0 spiro atoms. The van der Waals surface area contributed by atoms with E-state index in [4.69, 9.17) is 0 Å². The molecule has 1 aromatic rings. The van der Waals surface area contributed by atoms with Crippen LogP contribution < -0.4 is 5.32 Å². The third kappa shape index (κ3) is 5.72. The second-order valence-electron chi connectivity index (χ2n) is 4.09. The van der Waals surface area contributed by atoms with E-state index in [1.54, 1.807) is 0 Å². The maximum atomic E-state index is 11.5. The van der Waals surface area contributed by atoms with Gasteiger partial charge >= 0.3 is 0 Å². The molecule has 7 nitrogen and oxygen atoms in total. The van der Waals surface area contributed by atoms with Crippen LogP contribution in [0.5, 0.6) is 0 Å². The molecule has 0 radical (unpaired) electrons. The van der Waals surface area contributed by atoms with Gasteiger partial charge in [0.1, 0.15) is 0 Å². The van der Waals surface area contributed by atoms with Crippen molar-refractivity contribution in [2.45, 2.75) is 33.1 Å². The van der Waals surface area contributed by atoms with Crippen molar-refractivity contribution in [3.63, 3.8) is 0 Å². The summed E-state index contributed by atoms with van der Waals surface area (Å²) in [6.45, 7) is 8.29. The topological polar surface area (TPSA) is 86.8 Å². The quantitative estimate of drug-likeness (QED) is 0.605.